The summed E-state index contributed by atoms with van der Waals surface area (Å²) >= 11 is 0. The van der Waals surface area contributed by atoms with Gasteiger partial charge >= 0.3 is 6.01 Å². The van der Waals surface area contributed by atoms with E-state index < -0.39 is 0 Å². The number of benzene rings is 2. The van der Waals surface area contributed by atoms with Gasteiger partial charge in [-0.3, -0.25) is 0 Å². The highest BCUT2D eigenvalue weighted by Gasteiger charge is 2.06. The zero-order valence-corrected chi connectivity index (χ0v) is 11.1. The normalized spacial score (nSPS) is 10.1. The van der Waals surface area contributed by atoms with Crippen molar-refractivity contribution in [2.24, 2.45) is 0 Å². The molecule has 0 saturated heterocycles. The van der Waals surface area contributed by atoms with Crippen molar-refractivity contribution >= 4 is 23.3 Å². The lowest BCUT2D eigenvalue weighted by Crippen LogP contribution is -2.03. The second kappa shape index (κ2) is 5.87. The fourth-order valence-electron chi connectivity index (χ4n) is 1.78. The second-order valence-electron chi connectivity index (χ2n) is 4.26. The molecule has 3 aromatic rings. The van der Waals surface area contributed by atoms with E-state index in [1.54, 1.807) is 0 Å². The van der Waals surface area contributed by atoms with Crippen LogP contribution in [0.3, 0.4) is 0 Å². The Morgan fingerprint density at radius 1 is 0.619 bits per heavy atom. The van der Waals surface area contributed by atoms with Gasteiger partial charge in [-0.25, -0.2) is 0 Å². The Balaban J connectivity index is 1.83. The lowest BCUT2D eigenvalue weighted by atomic mass is 10.3. The van der Waals surface area contributed by atoms with Crippen molar-refractivity contribution in [2.45, 2.75) is 0 Å². The van der Waals surface area contributed by atoms with E-state index in [0.29, 0.717) is 0 Å². The summed E-state index contributed by atoms with van der Waals surface area (Å²) in [4.78, 5) is 11.9. The summed E-state index contributed by atoms with van der Waals surface area (Å²) in [6.07, 6.45) is 0. The van der Waals surface area contributed by atoms with Crippen LogP contribution >= 0.6 is 0 Å². The van der Waals surface area contributed by atoms with E-state index in [-0.39, 0.29) is 17.9 Å². The predicted molar refractivity (Wildman–Crippen MR) is 80.9 cm³/mol. The van der Waals surface area contributed by atoms with E-state index in [0.717, 1.165) is 11.4 Å². The van der Waals surface area contributed by atoms with E-state index in [9.17, 15) is 5.11 Å². The van der Waals surface area contributed by atoms with Crippen molar-refractivity contribution in [1.29, 1.82) is 0 Å². The van der Waals surface area contributed by atoms with Crippen molar-refractivity contribution in [3.63, 3.8) is 0 Å². The van der Waals surface area contributed by atoms with Gasteiger partial charge in [-0.05, 0) is 24.3 Å². The molecule has 1 aromatic heterocycles. The van der Waals surface area contributed by atoms with Gasteiger partial charge in [-0.15, -0.1) is 0 Å². The highest BCUT2D eigenvalue weighted by Crippen LogP contribution is 2.18. The number of anilines is 4. The third-order valence-corrected chi connectivity index (χ3v) is 2.68. The molecule has 0 radical (unpaired) electrons. The Morgan fingerprint density at radius 3 is 1.48 bits per heavy atom. The molecular formula is C15H13N5O. The SMILES string of the molecule is Oc1nc(Nc2ccccc2)nc(Nc2ccccc2)n1. The van der Waals surface area contributed by atoms with Crippen molar-refractivity contribution in [1.82, 2.24) is 15.0 Å². The molecule has 2 aromatic carbocycles. The Morgan fingerprint density at radius 2 is 1.05 bits per heavy atom. The fourth-order valence-corrected chi connectivity index (χ4v) is 1.78. The van der Waals surface area contributed by atoms with Crippen molar-refractivity contribution in [3.05, 3.63) is 60.7 Å². The van der Waals surface area contributed by atoms with Crippen LogP contribution in [0, 0.1) is 0 Å². The van der Waals surface area contributed by atoms with Crippen molar-refractivity contribution < 1.29 is 5.11 Å². The number of hydrogen-bond donors (Lipinski definition) is 3. The molecule has 0 aliphatic carbocycles. The van der Waals surface area contributed by atoms with Gasteiger partial charge in [-0.2, -0.15) is 15.0 Å². The van der Waals surface area contributed by atoms with Crippen molar-refractivity contribution in [2.75, 3.05) is 10.6 Å². The summed E-state index contributed by atoms with van der Waals surface area (Å²) in [7, 11) is 0. The van der Waals surface area contributed by atoms with Gasteiger partial charge in [0.25, 0.3) is 0 Å². The molecule has 0 aliphatic heterocycles. The van der Waals surface area contributed by atoms with Gasteiger partial charge in [0.15, 0.2) is 0 Å². The molecule has 6 heteroatoms. The second-order valence-corrected chi connectivity index (χ2v) is 4.26. The van der Waals surface area contributed by atoms with E-state index in [1.807, 2.05) is 60.7 Å². The zero-order valence-electron chi connectivity index (χ0n) is 11.1. The van der Waals surface area contributed by atoms with Gasteiger partial charge in [-0.1, -0.05) is 36.4 Å². The molecule has 0 saturated carbocycles. The first kappa shape index (κ1) is 12.9. The van der Waals surface area contributed by atoms with Crippen LogP contribution in [-0.2, 0) is 0 Å². The maximum Gasteiger partial charge on any atom is 0.320 e. The topological polar surface area (TPSA) is 83.0 Å². The number of nitrogens with zero attached hydrogens (tertiary/aromatic N) is 3. The van der Waals surface area contributed by atoms with E-state index in [2.05, 4.69) is 25.6 Å². The molecule has 3 N–H and O–H groups in total. The molecule has 0 fully saturated rings. The van der Waals surface area contributed by atoms with Gasteiger partial charge in [0.1, 0.15) is 0 Å². The van der Waals surface area contributed by atoms with Crippen LogP contribution in [0.25, 0.3) is 0 Å². The smallest absolute Gasteiger partial charge is 0.320 e. The summed E-state index contributed by atoms with van der Waals surface area (Å²) in [5.74, 6) is 0.541. The lowest BCUT2D eigenvalue weighted by molar-refractivity contribution is 0.430. The quantitative estimate of drug-likeness (QED) is 0.680. The summed E-state index contributed by atoms with van der Waals surface area (Å²) in [5, 5.41) is 15.6. The standard InChI is InChI=1S/C15H13N5O/c21-15-19-13(16-11-7-3-1-4-8-11)18-14(20-15)17-12-9-5-2-6-10-12/h1-10H,(H3,16,17,18,19,20,21). The Hall–Kier alpha value is -3.15. The molecular weight excluding hydrogens is 266 g/mol. The maximum atomic E-state index is 9.61. The average molecular weight is 279 g/mol. The molecule has 6 nitrogen and oxygen atoms in total. The highest BCUT2D eigenvalue weighted by molar-refractivity contribution is 5.57. The molecule has 104 valence electrons. The average Bonchev–Trinajstić information content (AvgIpc) is 2.48. The number of rotatable bonds is 4. The summed E-state index contributed by atoms with van der Waals surface area (Å²) in [6, 6.07) is 18.6. The summed E-state index contributed by atoms with van der Waals surface area (Å²) < 4.78 is 0. The molecule has 0 amide bonds. The molecule has 0 atom stereocenters. The maximum absolute atomic E-state index is 9.61. The first-order valence-electron chi connectivity index (χ1n) is 6.39. The highest BCUT2D eigenvalue weighted by atomic mass is 16.3. The summed E-state index contributed by atoms with van der Waals surface area (Å²) in [6.45, 7) is 0. The van der Waals surface area contributed by atoms with E-state index in [1.165, 1.54) is 0 Å². The van der Waals surface area contributed by atoms with Gasteiger partial charge in [0.2, 0.25) is 11.9 Å². The Bertz CT molecular complexity index is 659. The molecule has 0 unspecified atom stereocenters. The van der Waals surface area contributed by atoms with E-state index in [4.69, 9.17) is 0 Å². The van der Waals surface area contributed by atoms with Crippen LogP contribution in [0.15, 0.2) is 60.7 Å². The van der Waals surface area contributed by atoms with Gasteiger partial charge < -0.3 is 15.7 Å². The van der Waals surface area contributed by atoms with Crippen LogP contribution in [-0.4, -0.2) is 20.1 Å². The lowest BCUT2D eigenvalue weighted by Gasteiger charge is -2.08. The zero-order chi connectivity index (χ0) is 14.5. The van der Waals surface area contributed by atoms with Crippen LogP contribution in [0.4, 0.5) is 23.3 Å². The number of aromatic nitrogens is 3. The Labute approximate surface area is 121 Å². The largest absolute Gasteiger partial charge is 0.479 e. The van der Waals surface area contributed by atoms with Crippen LogP contribution in [0.5, 0.6) is 6.01 Å². The molecule has 21 heavy (non-hydrogen) atoms. The monoisotopic (exact) mass is 279 g/mol. The summed E-state index contributed by atoms with van der Waals surface area (Å²) in [5.41, 5.74) is 1.66. The molecule has 0 bridgehead atoms. The van der Waals surface area contributed by atoms with Crippen LogP contribution < -0.4 is 10.6 Å². The Kier molecular flexibility index (Phi) is 3.60. The first-order chi connectivity index (χ1) is 10.3. The van der Waals surface area contributed by atoms with Crippen molar-refractivity contribution in [3.8, 4) is 6.01 Å². The number of hydrogen-bond acceptors (Lipinski definition) is 6. The minimum atomic E-state index is -0.345. The predicted octanol–water partition coefficient (Wildman–Crippen LogP) is 3.06. The minimum Gasteiger partial charge on any atom is -0.479 e. The van der Waals surface area contributed by atoms with Crippen LogP contribution in [0.2, 0.25) is 0 Å². The third kappa shape index (κ3) is 3.44. The van der Waals surface area contributed by atoms with Gasteiger partial charge in [0, 0.05) is 11.4 Å². The third-order valence-electron chi connectivity index (χ3n) is 2.68. The first-order valence-corrected chi connectivity index (χ1v) is 6.39. The molecule has 1 heterocycles. The van der Waals surface area contributed by atoms with Gasteiger partial charge in [0.05, 0.1) is 0 Å². The minimum absolute atomic E-state index is 0.270. The molecule has 3 rings (SSSR count). The molecule has 0 spiro atoms. The number of aromatic hydroxyl groups is 1. The van der Waals surface area contributed by atoms with Crippen LogP contribution in [0.1, 0.15) is 0 Å². The fraction of sp³-hybridized carbons (Fsp3) is 0. The number of para-hydroxylation sites is 2. The molecule has 0 aliphatic rings. The number of nitrogens with one attached hydrogen (secondary N) is 2. The van der Waals surface area contributed by atoms with E-state index >= 15 is 0 Å².